The number of aromatic nitrogens is 4. The van der Waals surface area contributed by atoms with Crippen LogP contribution >= 0.6 is 0 Å². The minimum absolute atomic E-state index is 0.224. The molecule has 2 aromatic heterocycles. The van der Waals surface area contributed by atoms with Gasteiger partial charge in [-0.15, -0.1) is 0 Å². The van der Waals surface area contributed by atoms with Crippen molar-refractivity contribution in [3.63, 3.8) is 0 Å². The Hall–Kier alpha value is -7.20. The first-order valence-corrected chi connectivity index (χ1v) is 21.1. The molecule has 5 heterocycles. The van der Waals surface area contributed by atoms with E-state index >= 15 is 0 Å². The van der Waals surface area contributed by atoms with Gasteiger partial charge in [-0.2, -0.15) is 0 Å². The lowest BCUT2D eigenvalue weighted by molar-refractivity contribution is -0.137. The maximum atomic E-state index is 14.0. The topological polar surface area (TPSA) is 204 Å². The van der Waals surface area contributed by atoms with Crippen molar-refractivity contribution < 1.29 is 38.5 Å². The number of likely N-dealkylation sites (tertiary alicyclic amines) is 2. The number of ether oxygens (including phenoxy) is 3. The zero-order valence-electron chi connectivity index (χ0n) is 35.1. The molecule has 16 heteroatoms. The van der Waals surface area contributed by atoms with E-state index < -0.39 is 30.4 Å². The Kier molecular flexibility index (Phi) is 11.3. The van der Waals surface area contributed by atoms with Crippen LogP contribution in [0.5, 0.6) is 5.75 Å². The highest BCUT2D eigenvalue weighted by molar-refractivity contribution is 5.98. The first kappa shape index (κ1) is 41.2. The van der Waals surface area contributed by atoms with E-state index in [1.807, 2.05) is 36.4 Å². The molecular weight excluding hydrogens is 805 g/mol. The highest BCUT2D eigenvalue weighted by atomic mass is 16.5. The minimum Gasteiger partial charge on any atom is -0.488 e. The number of H-pyrrole nitrogens is 2. The van der Waals surface area contributed by atoms with E-state index in [1.54, 1.807) is 29.1 Å². The average Bonchev–Trinajstić information content (AvgIpc) is 4.16. The number of carboxylic acid groups (broad SMARTS) is 1. The fourth-order valence-corrected chi connectivity index (χ4v) is 9.17. The summed E-state index contributed by atoms with van der Waals surface area (Å²) in [4.78, 5) is 71.1. The van der Waals surface area contributed by atoms with Gasteiger partial charge in [0.25, 0.3) is 5.91 Å². The number of rotatable bonds is 11. The van der Waals surface area contributed by atoms with Crippen molar-refractivity contribution in [2.75, 3.05) is 27.3 Å². The van der Waals surface area contributed by atoms with Crippen molar-refractivity contribution in [1.29, 1.82) is 0 Å². The van der Waals surface area contributed by atoms with Crippen LogP contribution in [0, 0.1) is 0 Å². The van der Waals surface area contributed by atoms with E-state index in [0.29, 0.717) is 43.3 Å². The van der Waals surface area contributed by atoms with Crippen molar-refractivity contribution in [1.82, 2.24) is 40.4 Å². The van der Waals surface area contributed by atoms with Gasteiger partial charge in [0.05, 0.1) is 49.1 Å². The number of hydrogen-bond donors (Lipinski definition) is 5. The molecule has 63 heavy (non-hydrogen) atoms. The van der Waals surface area contributed by atoms with E-state index in [-0.39, 0.29) is 23.9 Å². The predicted octanol–water partition coefficient (Wildman–Crippen LogP) is 7.27. The number of benzene rings is 4. The molecule has 3 aliphatic rings. The Morgan fingerprint density at radius 3 is 2.08 bits per heavy atom. The molecule has 4 amide bonds. The van der Waals surface area contributed by atoms with Gasteiger partial charge in [0.15, 0.2) is 0 Å². The predicted molar refractivity (Wildman–Crippen MR) is 232 cm³/mol. The lowest BCUT2D eigenvalue weighted by atomic mass is 9.92. The number of nitrogens with zero attached hydrogens (tertiary/aromatic N) is 4. The number of imidazole rings is 2. The second-order valence-corrected chi connectivity index (χ2v) is 16.1. The summed E-state index contributed by atoms with van der Waals surface area (Å²) in [5.41, 5.74) is 7.28. The highest BCUT2D eigenvalue weighted by Gasteiger charge is 2.39. The van der Waals surface area contributed by atoms with Gasteiger partial charge in [0, 0.05) is 36.7 Å². The van der Waals surface area contributed by atoms with Crippen molar-refractivity contribution in [2.24, 2.45) is 0 Å². The van der Waals surface area contributed by atoms with Crippen LogP contribution in [0.2, 0.25) is 0 Å². The van der Waals surface area contributed by atoms with Gasteiger partial charge in [0.2, 0.25) is 5.91 Å². The number of alkyl carbamates (subject to hydrolysis) is 1. The molecule has 2 fully saturated rings. The summed E-state index contributed by atoms with van der Waals surface area (Å²) in [5, 5.41) is 16.4. The highest BCUT2D eigenvalue weighted by Crippen LogP contribution is 2.44. The summed E-state index contributed by atoms with van der Waals surface area (Å²) >= 11 is 0. The summed E-state index contributed by atoms with van der Waals surface area (Å²) < 4.78 is 16.6. The van der Waals surface area contributed by atoms with Gasteiger partial charge in [-0.3, -0.25) is 9.59 Å². The Morgan fingerprint density at radius 1 is 0.794 bits per heavy atom. The van der Waals surface area contributed by atoms with E-state index in [1.165, 1.54) is 14.2 Å². The monoisotopic (exact) mass is 852 g/mol. The fourth-order valence-electron chi connectivity index (χ4n) is 9.17. The Bertz CT molecular complexity index is 2700. The summed E-state index contributed by atoms with van der Waals surface area (Å²) in [6.07, 6.45) is 3.95. The third-order valence-corrected chi connectivity index (χ3v) is 12.5. The molecule has 324 valence electrons. The molecule has 0 spiro atoms. The van der Waals surface area contributed by atoms with Crippen LogP contribution in [0.4, 0.5) is 9.59 Å². The number of nitrogens with one attached hydrogen (secondary N) is 4. The van der Waals surface area contributed by atoms with E-state index in [2.05, 4.69) is 68.1 Å². The van der Waals surface area contributed by atoms with Crippen molar-refractivity contribution in [3.05, 3.63) is 114 Å². The van der Waals surface area contributed by atoms with E-state index in [4.69, 9.17) is 19.2 Å². The fraction of sp³-hybridized carbons (Fsp3) is 0.319. The molecule has 5 N–H and O–H groups in total. The quantitative estimate of drug-likeness (QED) is 0.0882. The number of aromatic amines is 2. The molecule has 5 atom stereocenters. The molecule has 4 aromatic carbocycles. The SMILES string of the molecule is COC(=O)N[C@@H](C(=O)N1CCC[C@H]1c1ncc(-c2ccc3c(c2)COc2c-3ccc3cc(-c4cnc([C@@H]5CCCN5C(=O)[C@@H](NC(=O)O)[C@@H](C)OC)[nH]4)ccc23)[nH]1)c1ccccc1. The van der Waals surface area contributed by atoms with Crippen LogP contribution in [0.15, 0.2) is 91.3 Å². The molecule has 0 radical (unpaired) electrons. The number of fused-ring (bicyclic) bond motifs is 5. The second kappa shape index (κ2) is 17.3. The van der Waals surface area contributed by atoms with Crippen LogP contribution in [-0.4, -0.2) is 98.3 Å². The maximum absolute atomic E-state index is 14.0. The number of methoxy groups -OCH3 is 2. The van der Waals surface area contributed by atoms with E-state index in [9.17, 15) is 24.3 Å². The Labute approximate surface area is 363 Å². The molecule has 0 saturated carbocycles. The molecular formula is C47H48N8O8. The van der Waals surface area contributed by atoms with Crippen molar-refractivity contribution >= 4 is 34.8 Å². The van der Waals surface area contributed by atoms with Crippen molar-refractivity contribution in [2.45, 2.75) is 69.5 Å². The van der Waals surface area contributed by atoms with Gasteiger partial charge in [-0.1, -0.05) is 60.7 Å². The van der Waals surface area contributed by atoms with Crippen LogP contribution in [0.1, 0.15) is 73.5 Å². The Balaban J connectivity index is 0.915. The molecule has 3 aliphatic heterocycles. The first-order chi connectivity index (χ1) is 30.6. The Morgan fingerprint density at radius 2 is 1.43 bits per heavy atom. The van der Waals surface area contributed by atoms with Crippen LogP contribution in [-0.2, 0) is 25.7 Å². The third kappa shape index (κ3) is 7.93. The third-order valence-electron chi connectivity index (χ3n) is 12.5. The number of carbonyl (C=O) groups is 4. The number of amides is 4. The summed E-state index contributed by atoms with van der Waals surface area (Å²) in [7, 11) is 2.72. The van der Waals surface area contributed by atoms with Gasteiger partial charge < -0.3 is 49.7 Å². The molecule has 2 saturated heterocycles. The number of hydrogen-bond acceptors (Lipinski definition) is 9. The van der Waals surface area contributed by atoms with Gasteiger partial charge in [-0.25, -0.2) is 19.6 Å². The van der Waals surface area contributed by atoms with Crippen LogP contribution in [0.3, 0.4) is 0 Å². The average molecular weight is 853 g/mol. The summed E-state index contributed by atoms with van der Waals surface area (Å²) in [6, 6.07) is 23.2. The van der Waals surface area contributed by atoms with Crippen LogP contribution in [0.25, 0.3) is 44.4 Å². The zero-order chi connectivity index (χ0) is 43.8. The molecule has 16 nitrogen and oxygen atoms in total. The molecule has 0 aliphatic carbocycles. The second-order valence-electron chi connectivity index (χ2n) is 16.1. The smallest absolute Gasteiger partial charge is 0.407 e. The van der Waals surface area contributed by atoms with Gasteiger partial charge in [-0.05, 0) is 78.4 Å². The van der Waals surface area contributed by atoms with E-state index in [0.717, 1.165) is 75.0 Å². The maximum Gasteiger partial charge on any atom is 0.407 e. The summed E-state index contributed by atoms with van der Waals surface area (Å²) in [5.74, 6) is 1.57. The van der Waals surface area contributed by atoms with Crippen molar-refractivity contribution in [3.8, 4) is 39.4 Å². The zero-order valence-corrected chi connectivity index (χ0v) is 35.1. The lowest BCUT2D eigenvalue weighted by Crippen LogP contribution is -2.53. The largest absolute Gasteiger partial charge is 0.488 e. The standard InChI is InChI=1S/C47H48N8O8/c1-26(61-2)39(52-46(58)59)44(56)54-19-7-11-37(54)42-48-23-35(50-42)29-15-17-33-28(21-29)13-18-34-32-16-14-30(22-31(32)25-63-41(33)34)36-24-49-43(51-36)38-12-8-20-55(38)45(57)40(53-47(60)62-3)27-9-5-4-6-10-27/h4-6,9-10,13-18,21-24,26,37-40,52H,7-8,11-12,19-20,25H2,1-3H3,(H,48,50)(H,49,51)(H,53,60)(H,58,59)/t26-,37+,38+,39+,40-/m1/s1. The molecule has 6 aromatic rings. The van der Waals surface area contributed by atoms with Crippen LogP contribution < -0.4 is 15.4 Å². The normalized spacial score (nSPS) is 18.2. The minimum atomic E-state index is -1.29. The summed E-state index contributed by atoms with van der Waals surface area (Å²) in [6.45, 7) is 3.07. The molecule has 9 rings (SSSR count). The molecule has 0 bridgehead atoms. The number of carbonyl (C=O) groups excluding carboxylic acids is 3. The van der Waals surface area contributed by atoms with Gasteiger partial charge >= 0.3 is 12.2 Å². The van der Waals surface area contributed by atoms with Gasteiger partial charge in [0.1, 0.15) is 36.1 Å². The lowest BCUT2D eigenvalue weighted by Gasteiger charge is -2.30. The first-order valence-electron chi connectivity index (χ1n) is 21.1. The molecule has 0 unspecified atom stereocenters.